The molecular weight excluding hydrogens is 360 g/mol. The first-order valence-electron chi connectivity index (χ1n) is 7.36. The summed E-state index contributed by atoms with van der Waals surface area (Å²) in [7, 11) is 2.80. The fourth-order valence-corrected chi connectivity index (χ4v) is 2.49. The van der Waals surface area contributed by atoms with Crippen molar-refractivity contribution in [1.29, 1.82) is 0 Å². The number of rotatable bonds is 4. The fourth-order valence-electron chi connectivity index (χ4n) is 2.49. The van der Waals surface area contributed by atoms with E-state index in [0.717, 1.165) is 6.07 Å². The summed E-state index contributed by atoms with van der Waals surface area (Å²) in [6, 6.07) is 8.02. The molecule has 1 unspecified atom stereocenters. The second kappa shape index (κ2) is 6.24. The van der Waals surface area contributed by atoms with Crippen LogP contribution in [-0.4, -0.2) is 31.5 Å². The number of ether oxygens (including phenoxy) is 4. The Morgan fingerprint density at radius 3 is 2.08 bits per heavy atom. The first kappa shape index (κ1) is 18.1. The predicted molar refractivity (Wildman–Crippen MR) is 81.2 cm³/mol. The number of hydrogen-bond acceptors (Lipinski definition) is 5. The van der Waals surface area contributed by atoms with E-state index >= 15 is 0 Å². The van der Waals surface area contributed by atoms with E-state index in [1.165, 1.54) is 38.5 Å². The lowest BCUT2D eigenvalue weighted by Crippen LogP contribution is -2.52. The molecule has 1 atom stereocenters. The highest BCUT2D eigenvalue weighted by Gasteiger charge is 2.66. The smallest absolute Gasteiger partial charge is 0.497 e. The first-order valence-corrected chi connectivity index (χ1v) is 7.36. The molecular formula is C17H14F4O5. The van der Waals surface area contributed by atoms with Gasteiger partial charge in [-0.25, -0.2) is 0 Å². The van der Waals surface area contributed by atoms with Gasteiger partial charge in [0, 0.05) is 11.6 Å². The van der Waals surface area contributed by atoms with E-state index < -0.39 is 29.8 Å². The number of hydrogen-bond donors (Lipinski definition) is 1. The van der Waals surface area contributed by atoms with Crippen LogP contribution < -0.4 is 18.9 Å². The van der Waals surface area contributed by atoms with Crippen molar-refractivity contribution < 1.29 is 41.6 Å². The van der Waals surface area contributed by atoms with Crippen LogP contribution in [-0.2, 0) is 0 Å². The summed E-state index contributed by atoms with van der Waals surface area (Å²) in [6.07, 6.45) is -11.2. The molecule has 1 N–H and O–H groups in total. The highest BCUT2D eigenvalue weighted by molar-refractivity contribution is 5.52. The Morgan fingerprint density at radius 2 is 1.50 bits per heavy atom. The third kappa shape index (κ3) is 2.98. The Hall–Kier alpha value is -2.68. The molecule has 1 heterocycles. The summed E-state index contributed by atoms with van der Waals surface area (Å²) in [6.45, 7) is 0. The van der Waals surface area contributed by atoms with Crippen molar-refractivity contribution in [2.75, 3.05) is 14.2 Å². The summed E-state index contributed by atoms with van der Waals surface area (Å²) in [5, 5.41) is 10.6. The summed E-state index contributed by atoms with van der Waals surface area (Å²) < 4.78 is 72.1. The minimum absolute atomic E-state index is 0.173. The van der Waals surface area contributed by atoms with Crippen molar-refractivity contribution in [2.24, 2.45) is 0 Å². The van der Waals surface area contributed by atoms with Crippen LogP contribution in [0.5, 0.6) is 23.0 Å². The van der Waals surface area contributed by atoms with E-state index in [0.29, 0.717) is 11.5 Å². The number of halogens is 4. The Kier molecular flexibility index (Phi) is 4.35. The van der Waals surface area contributed by atoms with Gasteiger partial charge in [-0.15, -0.1) is 0 Å². The van der Waals surface area contributed by atoms with Gasteiger partial charge in [-0.2, -0.15) is 17.6 Å². The zero-order chi connectivity index (χ0) is 19.1. The van der Waals surface area contributed by atoms with Crippen LogP contribution in [0.2, 0.25) is 0 Å². The SMILES string of the molecule is COc1cc(OC)cc(C(O)c2cccc3c2OC(F)(F)C(F)(F)O3)c1. The van der Waals surface area contributed by atoms with Crippen LogP contribution in [0.25, 0.3) is 0 Å². The predicted octanol–water partition coefficient (Wildman–Crippen LogP) is 3.74. The van der Waals surface area contributed by atoms with Gasteiger partial charge in [0.05, 0.1) is 14.2 Å². The molecule has 3 rings (SSSR count). The Bertz CT molecular complexity index is 803. The van der Waals surface area contributed by atoms with Crippen LogP contribution >= 0.6 is 0 Å². The second-order valence-electron chi connectivity index (χ2n) is 5.46. The molecule has 0 aliphatic carbocycles. The maximum atomic E-state index is 13.5. The van der Waals surface area contributed by atoms with E-state index in [-0.39, 0.29) is 11.1 Å². The molecule has 26 heavy (non-hydrogen) atoms. The standard InChI is InChI=1S/C17H14F4O5/c1-23-10-6-9(7-11(8-10)24-2)14(22)12-4-3-5-13-15(12)26-17(20,21)16(18,19)25-13/h3-8,14,22H,1-2H3. The molecule has 140 valence electrons. The third-order valence-electron chi connectivity index (χ3n) is 3.80. The molecule has 0 amide bonds. The lowest BCUT2D eigenvalue weighted by molar-refractivity contribution is -0.391. The largest absolute Gasteiger partial charge is 0.507 e. The van der Waals surface area contributed by atoms with Gasteiger partial charge in [0.25, 0.3) is 0 Å². The lowest BCUT2D eigenvalue weighted by Gasteiger charge is -2.33. The first-order chi connectivity index (χ1) is 12.2. The Labute approximate surface area is 145 Å². The van der Waals surface area contributed by atoms with Gasteiger partial charge in [-0.1, -0.05) is 12.1 Å². The molecule has 2 aromatic carbocycles. The van der Waals surface area contributed by atoms with Crippen molar-refractivity contribution in [1.82, 2.24) is 0 Å². The number of benzene rings is 2. The number of fused-ring (bicyclic) bond motifs is 1. The Balaban J connectivity index is 2.07. The molecule has 0 bridgehead atoms. The normalized spacial score (nSPS) is 18.1. The summed E-state index contributed by atoms with van der Waals surface area (Å²) in [5.74, 6) is -0.584. The average molecular weight is 374 g/mol. The summed E-state index contributed by atoms with van der Waals surface area (Å²) in [5.41, 5.74) is 0.0480. The van der Waals surface area contributed by atoms with E-state index in [9.17, 15) is 22.7 Å². The summed E-state index contributed by atoms with van der Waals surface area (Å²) in [4.78, 5) is 0. The van der Waals surface area contributed by atoms with Gasteiger partial charge < -0.3 is 24.1 Å². The van der Waals surface area contributed by atoms with Gasteiger partial charge in [0.15, 0.2) is 11.5 Å². The molecule has 2 aromatic rings. The van der Waals surface area contributed by atoms with Crippen LogP contribution in [0.1, 0.15) is 17.2 Å². The quantitative estimate of drug-likeness (QED) is 0.827. The molecule has 0 saturated carbocycles. The van der Waals surface area contributed by atoms with Gasteiger partial charge in [0.1, 0.15) is 17.6 Å². The molecule has 0 saturated heterocycles. The van der Waals surface area contributed by atoms with Crippen LogP contribution in [0.3, 0.4) is 0 Å². The summed E-state index contributed by atoms with van der Waals surface area (Å²) >= 11 is 0. The topological polar surface area (TPSA) is 57.2 Å². The third-order valence-corrected chi connectivity index (χ3v) is 3.80. The monoisotopic (exact) mass is 374 g/mol. The van der Waals surface area contributed by atoms with E-state index in [1.807, 2.05) is 0 Å². The number of para-hydroxylation sites is 1. The van der Waals surface area contributed by atoms with Crippen molar-refractivity contribution in [2.45, 2.75) is 18.3 Å². The van der Waals surface area contributed by atoms with Crippen LogP contribution in [0.4, 0.5) is 17.6 Å². The highest BCUT2D eigenvalue weighted by Crippen LogP contribution is 2.50. The molecule has 1 aliphatic rings. The van der Waals surface area contributed by atoms with Crippen LogP contribution in [0.15, 0.2) is 36.4 Å². The van der Waals surface area contributed by atoms with E-state index in [4.69, 9.17) is 9.47 Å². The maximum absolute atomic E-state index is 13.5. The molecule has 5 nitrogen and oxygen atoms in total. The van der Waals surface area contributed by atoms with Crippen molar-refractivity contribution >= 4 is 0 Å². The van der Waals surface area contributed by atoms with E-state index in [2.05, 4.69) is 9.47 Å². The lowest BCUT2D eigenvalue weighted by atomic mass is 9.99. The zero-order valence-corrected chi connectivity index (χ0v) is 13.6. The van der Waals surface area contributed by atoms with Gasteiger partial charge in [-0.3, -0.25) is 0 Å². The minimum Gasteiger partial charge on any atom is -0.497 e. The van der Waals surface area contributed by atoms with Crippen LogP contribution in [0, 0.1) is 0 Å². The number of aliphatic hydroxyl groups excluding tert-OH is 1. The Morgan fingerprint density at radius 1 is 0.923 bits per heavy atom. The molecule has 0 radical (unpaired) electrons. The molecule has 9 heteroatoms. The zero-order valence-electron chi connectivity index (χ0n) is 13.6. The van der Waals surface area contributed by atoms with Crippen molar-refractivity contribution in [3.05, 3.63) is 47.5 Å². The minimum atomic E-state index is -4.89. The number of methoxy groups -OCH3 is 2. The maximum Gasteiger partial charge on any atom is 0.507 e. The average Bonchev–Trinajstić information content (AvgIpc) is 2.60. The van der Waals surface area contributed by atoms with Gasteiger partial charge in [0.2, 0.25) is 0 Å². The second-order valence-corrected chi connectivity index (χ2v) is 5.46. The highest BCUT2D eigenvalue weighted by atomic mass is 19.3. The molecule has 1 aliphatic heterocycles. The number of alkyl halides is 4. The van der Waals surface area contributed by atoms with Crippen molar-refractivity contribution in [3.8, 4) is 23.0 Å². The van der Waals surface area contributed by atoms with E-state index in [1.54, 1.807) is 6.07 Å². The van der Waals surface area contributed by atoms with Gasteiger partial charge >= 0.3 is 12.2 Å². The fraction of sp³-hybridized carbons (Fsp3) is 0.294. The van der Waals surface area contributed by atoms with Gasteiger partial charge in [-0.05, 0) is 23.8 Å². The molecule has 0 aromatic heterocycles. The molecule has 0 fully saturated rings. The van der Waals surface area contributed by atoms with Crippen molar-refractivity contribution in [3.63, 3.8) is 0 Å². The number of aliphatic hydroxyl groups is 1. The molecule has 0 spiro atoms.